The van der Waals surface area contributed by atoms with Crippen LogP contribution in [0.4, 0.5) is 4.39 Å². The van der Waals surface area contributed by atoms with Gasteiger partial charge in [0, 0.05) is 6.54 Å². The lowest BCUT2D eigenvalue weighted by Gasteiger charge is -2.10. The van der Waals surface area contributed by atoms with Crippen molar-refractivity contribution in [2.45, 2.75) is 6.10 Å². The van der Waals surface area contributed by atoms with Crippen LogP contribution in [0, 0.1) is 5.82 Å². The second kappa shape index (κ2) is 4.56. The van der Waals surface area contributed by atoms with Gasteiger partial charge in [-0.25, -0.2) is 4.39 Å². The fourth-order valence-corrected chi connectivity index (χ4v) is 1.22. The topological polar surface area (TPSA) is 32.3 Å². The zero-order valence-electron chi connectivity index (χ0n) is 7.22. The Balaban J connectivity index is 2.84. The fourth-order valence-electron chi connectivity index (χ4n) is 1.03. The minimum Gasteiger partial charge on any atom is -0.387 e. The highest BCUT2D eigenvalue weighted by atomic mass is 35.5. The molecule has 0 spiro atoms. The van der Waals surface area contributed by atoms with Crippen LogP contribution >= 0.6 is 11.6 Å². The first-order valence-corrected chi connectivity index (χ1v) is 4.30. The molecule has 1 aromatic rings. The molecule has 0 aliphatic heterocycles. The first-order valence-electron chi connectivity index (χ1n) is 3.92. The normalized spacial score (nSPS) is 12.9. The molecule has 0 saturated heterocycles. The average molecular weight is 204 g/mol. The van der Waals surface area contributed by atoms with E-state index >= 15 is 0 Å². The zero-order valence-corrected chi connectivity index (χ0v) is 7.98. The second-order valence-electron chi connectivity index (χ2n) is 2.75. The van der Waals surface area contributed by atoms with Crippen LogP contribution in [0.5, 0.6) is 0 Å². The standard InChI is InChI=1S/C9H11ClFNO/c1-12-5-9(13)6-2-3-8(11)7(10)4-6/h2-4,9,12-13H,5H2,1H3. The number of hydrogen-bond donors (Lipinski definition) is 2. The molecule has 0 heterocycles. The molecular formula is C9H11ClFNO. The van der Waals surface area contributed by atoms with E-state index in [1.165, 1.54) is 18.2 Å². The van der Waals surface area contributed by atoms with Gasteiger partial charge in [0.15, 0.2) is 0 Å². The lowest BCUT2D eigenvalue weighted by molar-refractivity contribution is 0.177. The highest BCUT2D eigenvalue weighted by molar-refractivity contribution is 6.30. The first kappa shape index (κ1) is 10.4. The molecule has 0 saturated carbocycles. The smallest absolute Gasteiger partial charge is 0.141 e. The molecular weight excluding hydrogens is 193 g/mol. The summed E-state index contributed by atoms with van der Waals surface area (Å²) in [5.41, 5.74) is 0.612. The van der Waals surface area contributed by atoms with E-state index in [4.69, 9.17) is 11.6 Å². The summed E-state index contributed by atoms with van der Waals surface area (Å²) in [4.78, 5) is 0. The maximum atomic E-state index is 12.7. The lowest BCUT2D eigenvalue weighted by atomic mass is 10.1. The van der Waals surface area contributed by atoms with E-state index in [0.717, 1.165) is 0 Å². The monoisotopic (exact) mass is 203 g/mol. The molecule has 72 valence electrons. The summed E-state index contributed by atoms with van der Waals surface area (Å²) in [6.07, 6.45) is -0.650. The molecule has 0 aliphatic carbocycles. The Kier molecular flexibility index (Phi) is 3.66. The van der Waals surface area contributed by atoms with Crippen molar-refractivity contribution in [3.8, 4) is 0 Å². The lowest BCUT2D eigenvalue weighted by Crippen LogP contribution is -2.16. The number of rotatable bonds is 3. The molecule has 4 heteroatoms. The molecule has 1 aromatic carbocycles. The van der Waals surface area contributed by atoms with E-state index < -0.39 is 11.9 Å². The average Bonchev–Trinajstić information content (AvgIpc) is 2.10. The largest absolute Gasteiger partial charge is 0.387 e. The predicted octanol–water partition coefficient (Wildman–Crippen LogP) is 1.73. The van der Waals surface area contributed by atoms with Gasteiger partial charge in [0.1, 0.15) is 5.82 Å². The molecule has 0 aromatic heterocycles. The molecule has 1 atom stereocenters. The highest BCUT2D eigenvalue weighted by Gasteiger charge is 2.08. The maximum absolute atomic E-state index is 12.7. The van der Waals surface area contributed by atoms with Gasteiger partial charge >= 0.3 is 0 Å². The number of hydrogen-bond acceptors (Lipinski definition) is 2. The summed E-state index contributed by atoms with van der Waals surface area (Å²) in [7, 11) is 1.73. The number of likely N-dealkylation sites (N-methyl/N-ethyl adjacent to an activating group) is 1. The van der Waals surface area contributed by atoms with Gasteiger partial charge in [0.25, 0.3) is 0 Å². The van der Waals surface area contributed by atoms with Gasteiger partial charge in [-0.15, -0.1) is 0 Å². The van der Waals surface area contributed by atoms with Crippen LogP contribution in [0.3, 0.4) is 0 Å². The summed E-state index contributed by atoms with van der Waals surface area (Å²) in [5, 5.41) is 12.3. The Bertz CT molecular complexity index is 293. The van der Waals surface area contributed by atoms with Crippen LogP contribution in [0.25, 0.3) is 0 Å². The van der Waals surface area contributed by atoms with Crippen LogP contribution in [-0.4, -0.2) is 18.7 Å². The molecule has 0 bridgehead atoms. The minimum atomic E-state index is -0.650. The van der Waals surface area contributed by atoms with E-state index in [1.54, 1.807) is 7.05 Å². The third-order valence-electron chi connectivity index (χ3n) is 1.73. The van der Waals surface area contributed by atoms with Crippen molar-refractivity contribution < 1.29 is 9.50 Å². The van der Waals surface area contributed by atoms with E-state index in [2.05, 4.69) is 5.32 Å². The number of halogens is 2. The Morgan fingerprint density at radius 3 is 2.85 bits per heavy atom. The van der Waals surface area contributed by atoms with E-state index in [1.807, 2.05) is 0 Å². The fraction of sp³-hybridized carbons (Fsp3) is 0.333. The summed E-state index contributed by atoms with van der Waals surface area (Å²) in [5.74, 6) is -0.470. The summed E-state index contributed by atoms with van der Waals surface area (Å²) >= 11 is 5.55. The molecule has 0 radical (unpaired) electrons. The summed E-state index contributed by atoms with van der Waals surface area (Å²) in [6, 6.07) is 4.19. The van der Waals surface area contributed by atoms with Gasteiger partial charge in [0.2, 0.25) is 0 Å². The molecule has 0 aliphatic rings. The van der Waals surface area contributed by atoms with E-state index in [9.17, 15) is 9.50 Å². The maximum Gasteiger partial charge on any atom is 0.141 e. The Morgan fingerprint density at radius 2 is 2.31 bits per heavy atom. The Labute approximate surface area is 81.3 Å². The molecule has 13 heavy (non-hydrogen) atoms. The SMILES string of the molecule is CNCC(O)c1ccc(F)c(Cl)c1. The molecule has 1 unspecified atom stereocenters. The summed E-state index contributed by atoms with van der Waals surface area (Å²) < 4.78 is 12.7. The Morgan fingerprint density at radius 1 is 1.62 bits per heavy atom. The molecule has 0 amide bonds. The third kappa shape index (κ3) is 2.66. The van der Waals surface area contributed by atoms with E-state index in [-0.39, 0.29) is 5.02 Å². The van der Waals surface area contributed by atoms with Gasteiger partial charge in [-0.05, 0) is 24.7 Å². The highest BCUT2D eigenvalue weighted by Crippen LogP contribution is 2.20. The minimum absolute atomic E-state index is 0.0349. The van der Waals surface area contributed by atoms with Crippen LogP contribution in [0.1, 0.15) is 11.7 Å². The zero-order chi connectivity index (χ0) is 9.84. The van der Waals surface area contributed by atoms with Crippen molar-refractivity contribution in [3.63, 3.8) is 0 Å². The number of aliphatic hydroxyl groups excluding tert-OH is 1. The van der Waals surface area contributed by atoms with Crippen LogP contribution < -0.4 is 5.32 Å². The molecule has 2 N–H and O–H groups in total. The van der Waals surface area contributed by atoms with Gasteiger partial charge in [-0.1, -0.05) is 17.7 Å². The quantitative estimate of drug-likeness (QED) is 0.784. The second-order valence-corrected chi connectivity index (χ2v) is 3.15. The van der Waals surface area contributed by atoms with Crippen molar-refractivity contribution in [3.05, 3.63) is 34.6 Å². The van der Waals surface area contributed by atoms with Gasteiger partial charge in [-0.2, -0.15) is 0 Å². The van der Waals surface area contributed by atoms with Crippen molar-refractivity contribution in [2.75, 3.05) is 13.6 Å². The molecule has 2 nitrogen and oxygen atoms in total. The van der Waals surface area contributed by atoms with Crippen molar-refractivity contribution in [1.29, 1.82) is 0 Å². The molecule has 1 rings (SSSR count). The van der Waals surface area contributed by atoms with Crippen LogP contribution in [-0.2, 0) is 0 Å². The Hall–Kier alpha value is -0.640. The summed E-state index contributed by atoms with van der Waals surface area (Å²) in [6.45, 7) is 0.419. The van der Waals surface area contributed by atoms with Gasteiger partial charge < -0.3 is 10.4 Å². The van der Waals surface area contributed by atoms with E-state index in [0.29, 0.717) is 12.1 Å². The predicted molar refractivity (Wildman–Crippen MR) is 50.3 cm³/mol. The van der Waals surface area contributed by atoms with Crippen molar-refractivity contribution in [2.24, 2.45) is 0 Å². The van der Waals surface area contributed by atoms with Gasteiger partial charge in [-0.3, -0.25) is 0 Å². The number of nitrogens with one attached hydrogen (secondary N) is 1. The number of benzene rings is 1. The van der Waals surface area contributed by atoms with Gasteiger partial charge in [0.05, 0.1) is 11.1 Å². The van der Waals surface area contributed by atoms with Crippen molar-refractivity contribution >= 4 is 11.6 Å². The molecule has 0 fully saturated rings. The van der Waals surface area contributed by atoms with Crippen LogP contribution in [0.15, 0.2) is 18.2 Å². The number of aliphatic hydroxyl groups is 1. The first-order chi connectivity index (χ1) is 6.15. The third-order valence-corrected chi connectivity index (χ3v) is 2.02. The van der Waals surface area contributed by atoms with Crippen molar-refractivity contribution in [1.82, 2.24) is 5.32 Å². The van der Waals surface area contributed by atoms with Crippen LogP contribution in [0.2, 0.25) is 5.02 Å².